The zero-order chi connectivity index (χ0) is 13.6. The van der Waals surface area contributed by atoms with Crippen molar-refractivity contribution >= 4 is 23.4 Å². The van der Waals surface area contributed by atoms with Crippen molar-refractivity contribution in [2.45, 2.75) is 30.0 Å². The van der Waals surface area contributed by atoms with Gasteiger partial charge in [0.15, 0.2) is 0 Å². The number of halogens is 4. The molecule has 0 saturated carbocycles. The van der Waals surface area contributed by atoms with E-state index >= 15 is 0 Å². The Morgan fingerprint density at radius 3 is 2.56 bits per heavy atom. The van der Waals surface area contributed by atoms with Gasteiger partial charge in [-0.1, -0.05) is 23.7 Å². The van der Waals surface area contributed by atoms with Gasteiger partial charge >= 0.3 is 6.18 Å². The van der Waals surface area contributed by atoms with Gasteiger partial charge < -0.3 is 0 Å². The molecule has 0 amide bonds. The molecule has 0 aliphatic rings. The monoisotopic (exact) mass is 298 g/mol. The van der Waals surface area contributed by atoms with E-state index in [4.69, 9.17) is 17.4 Å². The first-order valence-corrected chi connectivity index (χ1v) is 6.69. The molecular weight excluding hydrogens is 285 g/mol. The third-order valence-corrected chi connectivity index (χ3v) is 3.97. The molecule has 0 spiro atoms. The van der Waals surface area contributed by atoms with E-state index in [1.807, 2.05) is 12.1 Å². The van der Waals surface area contributed by atoms with E-state index in [2.05, 4.69) is 5.43 Å². The highest BCUT2D eigenvalue weighted by Gasteiger charge is 2.28. The first-order valence-electron chi connectivity index (χ1n) is 5.32. The predicted octanol–water partition coefficient (Wildman–Crippen LogP) is 3.61. The normalized spacial score (nSPS) is 13.6. The number of alkyl halides is 3. The van der Waals surface area contributed by atoms with Crippen LogP contribution in [-0.2, 0) is 0 Å². The van der Waals surface area contributed by atoms with Crippen LogP contribution < -0.4 is 11.3 Å². The van der Waals surface area contributed by atoms with Gasteiger partial charge in [-0.25, -0.2) is 0 Å². The number of nitrogens with one attached hydrogen (secondary N) is 1. The molecule has 1 atom stereocenters. The lowest BCUT2D eigenvalue weighted by molar-refractivity contribution is -0.136. The fraction of sp³-hybridized carbons (Fsp3) is 0.455. The molecule has 1 aromatic rings. The van der Waals surface area contributed by atoms with Gasteiger partial charge in [0.2, 0.25) is 0 Å². The maximum atomic E-state index is 12.1. The summed E-state index contributed by atoms with van der Waals surface area (Å²) in [5.41, 5.74) is 2.40. The number of hydrogen-bond acceptors (Lipinski definition) is 3. The summed E-state index contributed by atoms with van der Waals surface area (Å²) < 4.78 is 36.2. The minimum atomic E-state index is -4.15. The molecule has 7 heteroatoms. The van der Waals surface area contributed by atoms with E-state index in [0.29, 0.717) is 10.8 Å². The number of thioether (sulfide) groups is 1. The van der Waals surface area contributed by atoms with Crippen LogP contribution in [0.15, 0.2) is 29.2 Å². The predicted molar refractivity (Wildman–Crippen MR) is 68.6 cm³/mol. The second-order valence-corrected chi connectivity index (χ2v) is 5.23. The van der Waals surface area contributed by atoms with Gasteiger partial charge in [0.25, 0.3) is 0 Å². The molecular formula is C11H14ClF3N2S. The Morgan fingerprint density at radius 1 is 1.33 bits per heavy atom. The zero-order valence-corrected chi connectivity index (χ0v) is 11.1. The topological polar surface area (TPSA) is 38.0 Å². The molecule has 1 unspecified atom stereocenters. The van der Waals surface area contributed by atoms with Crippen molar-refractivity contribution in [3.63, 3.8) is 0 Å². The van der Waals surface area contributed by atoms with Gasteiger partial charge in [0.05, 0.1) is 5.02 Å². The van der Waals surface area contributed by atoms with E-state index < -0.39 is 18.6 Å². The van der Waals surface area contributed by atoms with Crippen LogP contribution >= 0.6 is 23.4 Å². The molecule has 18 heavy (non-hydrogen) atoms. The van der Waals surface area contributed by atoms with Gasteiger partial charge in [0.1, 0.15) is 0 Å². The molecule has 0 saturated heterocycles. The van der Waals surface area contributed by atoms with E-state index in [-0.39, 0.29) is 6.42 Å². The molecule has 0 radical (unpaired) electrons. The second kappa shape index (κ2) is 7.23. The summed E-state index contributed by atoms with van der Waals surface area (Å²) in [6.45, 7) is 0. The molecule has 0 aromatic heterocycles. The summed E-state index contributed by atoms with van der Waals surface area (Å²) in [7, 11) is 0. The minimum absolute atomic E-state index is 0.0442. The maximum absolute atomic E-state index is 12.1. The average molecular weight is 299 g/mol. The Hall–Kier alpha value is -0.430. The summed E-state index contributed by atoms with van der Waals surface area (Å²) in [6, 6.07) is 6.80. The van der Waals surface area contributed by atoms with Gasteiger partial charge in [-0.2, -0.15) is 13.2 Å². The number of nitrogens with two attached hydrogens (primary N) is 1. The van der Waals surface area contributed by atoms with Gasteiger partial charge in [-0.3, -0.25) is 11.3 Å². The molecule has 3 N–H and O–H groups in total. The summed E-state index contributed by atoms with van der Waals surface area (Å²) in [6.07, 6.45) is -5.04. The fourth-order valence-corrected chi connectivity index (χ4v) is 2.63. The van der Waals surface area contributed by atoms with Crippen LogP contribution in [0.5, 0.6) is 0 Å². The molecule has 1 rings (SSSR count). The Bertz CT molecular complexity index is 374. The maximum Gasteiger partial charge on any atom is 0.389 e. The summed E-state index contributed by atoms with van der Waals surface area (Å²) in [5, 5.41) is 0.592. The largest absolute Gasteiger partial charge is 0.389 e. The van der Waals surface area contributed by atoms with Crippen molar-refractivity contribution in [3.05, 3.63) is 29.3 Å². The lowest BCUT2D eigenvalue weighted by atomic mass is 10.2. The SMILES string of the molecule is NNC(CCC(F)(F)F)CSc1ccccc1Cl. The Morgan fingerprint density at radius 2 is 2.00 bits per heavy atom. The van der Waals surface area contributed by atoms with Gasteiger partial charge in [-0.15, -0.1) is 11.8 Å². The molecule has 1 aromatic carbocycles. The Labute approximate surface area is 113 Å². The number of hydrogen-bond donors (Lipinski definition) is 2. The van der Waals surface area contributed by atoms with Gasteiger partial charge in [-0.05, 0) is 18.6 Å². The zero-order valence-electron chi connectivity index (χ0n) is 9.51. The van der Waals surface area contributed by atoms with Crippen LogP contribution in [0.4, 0.5) is 13.2 Å². The first kappa shape index (κ1) is 15.6. The van der Waals surface area contributed by atoms with Crippen molar-refractivity contribution in [1.29, 1.82) is 0 Å². The van der Waals surface area contributed by atoms with Crippen molar-refractivity contribution in [2.24, 2.45) is 5.84 Å². The highest BCUT2D eigenvalue weighted by Crippen LogP contribution is 2.28. The van der Waals surface area contributed by atoms with E-state index in [9.17, 15) is 13.2 Å². The molecule has 0 heterocycles. The molecule has 0 fully saturated rings. The Kier molecular flexibility index (Phi) is 6.28. The van der Waals surface area contributed by atoms with Crippen LogP contribution in [0.25, 0.3) is 0 Å². The third kappa shape index (κ3) is 5.95. The van der Waals surface area contributed by atoms with E-state index in [1.165, 1.54) is 11.8 Å². The smallest absolute Gasteiger partial charge is 0.271 e. The average Bonchev–Trinajstić information content (AvgIpc) is 2.30. The highest BCUT2D eigenvalue weighted by molar-refractivity contribution is 7.99. The standard InChI is InChI=1S/C11H14ClF3N2S/c12-9-3-1-2-4-10(9)18-7-8(17-16)5-6-11(13,14)15/h1-4,8,17H,5-7,16H2. The van der Waals surface area contributed by atoms with Crippen molar-refractivity contribution in [2.75, 3.05) is 5.75 Å². The van der Waals surface area contributed by atoms with E-state index in [0.717, 1.165) is 4.90 Å². The van der Waals surface area contributed by atoms with Crippen LogP contribution in [0.1, 0.15) is 12.8 Å². The van der Waals surface area contributed by atoms with E-state index in [1.54, 1.807) is 12.1 Å². The summed E-state index contributed by atoms with van der Waals surface area (Å²) in [4.78, 5) is 0.839. The molecule has 2 nitrogen and oxygen atoms in total. The number of benzene rings is 1. The molecule has 0 aliphatic carbocycles. The molecule has 0 bridgehead atoms. The van der Waals surface area contributed by atoms with Crippen LogP contribution in [-0.4, -0.2) is 18.0 Å². The van der Waals surface area contributed by atoms with Crippen molar-refractivity contribution in [1.82, 2.24) is 5.43 Å². The third-order valence-electron chi connectivity index (χ3n) is 2.29. The molecule has 0 aliphatic heterocycles. The van der Waals surface area contributed by atoms with Gasteiger partial charge in [0, 0.05) is 23.1 Å². The lowest BCUT2D eigenvalue weighted by Crippen LogP contribution is -2.37. The number of rotatable bonds is 6. The highest BCUT2D eigenvalue weighted by atomic mass is 35.5. The van der Waals surface area contributed by atoms with Crippen LogP contribution in [0.3, 0.4) is 0 Å². The van der Waals surface area contributed by atoms with Crippen LogP contribution in [0, 0.1) is 0 Å². The first-order chi connectivity index (χ1) is 8.42. The van der Waals surface area contributed by atoms with Crippen molar-refractivity contribution in [3.8, 4) is 0 Å². The Balaban J connectivity index is 2.43. The number of hydrazine groups is 1. The van der Waals surface area contributed by atoms with Crippen LogP contribution in [0.2, 0.25) is 5.02 Å². The molecule has 102 valence electrons. The fourth-order valence-electron chi connectivity index (χ4n) is 1.30. The minimum Gasteiger partial charge on any atom is -0.271 e. The summed E-state index contributed by atoms with van der Waals surface area (Å²) in [5.74, 6) is 5.68. The van der Waals surface area contributed by atoms with Crippen molar-refractivity contribution < 1.29 is 13.2 Å². The lowest BCUT2D eigenvalue weighted by Gasteiger charge is -2.16. The summed E-state index contributed by atoms with van der Waals surface area (Å²) >= 11 is 7.34. The second-order valence-electron chi connectivity index (χ2n) is 3.76. The quantitative estimate of drug-likeness (QED) is 0.479.